The highest BCUT2D eigenvalue weighted by Crippen LogP contribution is 2.17. The zero-order chi connectivity index (χ0) is 15.0. The van der Waals surface area contributed by atoms with Gasteiger partial charge in [0.15, 0.2) is 0 Å². The fourth-order valence-electron chi connectivity index (χ4n) is 1.95. The van der Waals surface area contributed by atoms with Crippen LogP contribution in [0.4, 0.5) is 0 Å². The second-order valence-electron chi connectivity index (χ2n) is 4.86. The molecule has 0 bridgehead atoms. The van der Waals surface area contributed by atoms with Gasteiger partial charge in [0.05, 0.1) is 0 Å². The van der Waals surface area contributed by atoms with Gasteiger partial charge in [0.2, 0.25) is 5.91 Å². The topological polar surface area (TPSA) is 66.4 Å². The second kappa shape index (κ2) is 8.74. The van der Waals surface area contributed by atoms with Gasteiger partial charge in [-0.3, -0.25) is 9.59 Å². The van der Waals surface area contributed by atoms with Crippen LogP contribution in [0.25, 0.3) is 0 Å². The summed E-state index contributed by atoms with van der Waals surface area (Å²) in [5.74, 6) is -0.831. The number of aliphatic carboxylic acids is 1. The first-order valence-electron chi connectivity index (χ1n) is 6.73. The number of rotatable bonds is 8. The minimum Gasteiger partial charge on any atom is -0.481 e. The van der Waals surface area contributed by atoms with Gasteiger partial charge in [-0.2, -0.15) is 0 Å². The van der Waals surface area contributed by atoms with E-state index in [0.717, 1.165) is 16.5 Å². The molecule has 0 aliphatic rings. The summed E-state index contributed by atoms with van der Waals surface area (Å²) < 4.78 is 1.04. The van der Waals surface area contributed by atoms with Gasteiger partial charge in [-0.1, -0.05) is 34.1 Å². The number of carboxylic acids is 1. The molecule has 1 rings (SSSR count). The molecular weight excluding hydrogens is 322 g/mol. The smallest absolute Gasteiger partial charge is 0.303 e. The lowest BCUT2D eigenvalue weighted by molar-refractivity contribution is -0.137. The van der Waals surface area contributed by atoms with Crippen LogP contribution in [0.15, 0.2) is 28.7 Å². The van der Waals surface area contributed by atoms with Crippen molar-refractivity contribution in [3.05, 3.63) is 34.3 Å². The summed E-state index contributed by atoms with van der Waals surface area (Å²) in [5, 5.41) is 11.4. The van der Waals surface area contributed by atoms with Gasteiger partial charge in [-0.25, -0.2) is 0 Å². The maximum absolute atomic E-state index is 11.7. The summed E-state index contributed by atoms with van der Waals surface area (Å²) in [6.45, 7) is 1.97. The number of hydrogen-bond donors (Lipinski definition) is 2. The molecule has 0 aromatic heterocycles. The van der Waals surface area contributed by atoms with Crippen LogP contribution in [0, 0.1) is 0 Å². The van der Waals surface area contributed by atoms with Gasteiger partial charge in [0.1, 0.15) is 0 Å². The van der Waals surface area contributed by atoms with E-state index < -0.39 is 5.97 Å². The molecule has 20 heavy (non-hydrogen) atoms. The summed E-state index contributed by atoms with van der Waals surface area (Å²) in [7, 11) is 0. The van der Waals surface area contributed by atoms with E-state index in [2.05, 4.69) is 21.2 Å². The van der Waals surface area contributed by atoms with Gasteiger partial charge >= 0.3 is 5.97 Å². The molecule has 5 heteroatoms. The molecule has 0 aliphatic carbocycles. The molecule has 110 valence electrons. The van der Waals surface area contributed by atoms with Crippen molar-refractivity contribution in [2.45, 2.75) is 45.1 Å². The van der Waals surface area contributed by atoms with E-state index in [1.807, 2.05) is 31.2 Å². The molecule has 1 aromatic rings. The van der Waals surface area contributed by atoms with E-state index in [0.29, 0.717) is 19.3 Å². The second-order valence-corrected chi connectivity index (χ2v) is 5.72. The summed E-state index contributed by atoms with van der Waals surface area (Å²) >= 11 is 3.49. The van der Waals surface area contributed by atoms with Crippen LogP contribution in [0.5, 0.6) is 0 Å². The molecule has 1 atom stereocenters. The van der Waals surface area contributed by atoms with Crippen LogP contribution >= 0.6 is 15.9 Å². The average molecular weight is 342 g/mol. The van der Waals surface area contributed by atoms with Crippen LogP contribution in [0.1, 0.15) is 38.2 Å². The maximum Gasteiger partial charge on any atom is 0.303 e. The minimum atomic E-state index is -0.812. The highest BCUT2D eigenvalue weighted by atomic mass is 79.9. The minimum absolute atomic E-state index is 0.0186. The zero-order valence-corrected chi connectivity index (χ0v) is 13.1. The maximum atomic E-state index is 11.7. The SMILES string of the molecule is CC(Cc1ccccc1Br)NC(=O)CCCCC(=O)O. The first-order valence-corrected chi connectivity index (χ1v) is 7.53. The van der Waals surface area contributed by atoms with Gasteiger partial charge in [0.25, 0.3) is 0 Å². The lowest BCUT2D eigenvalue weighted by Crippen LogP contribution is -2.33. The number of carbonyl (C=O) groups excluding carboxylic acids is 1. The van der Waals surface area contributed by atoms with Gasteiger partial charge in [0, 0.05) is 23.4 Å². The van der Waals surface area contributed by atoms with E-state index in [1.165, 1.54) is 0 Å². The number of halogens is 1. The van der Waals surface area contributed by atoms with Crippen LogP contribution < -0.4 is 5.32 Å². The van der Waals surface area contributed by atoms with Crippen LogP contribution in [-0.2, 0) is 16.0 Å². The molecule has 2 N–H and O–H groups in total. The van der Waals surface area contributed by atoms with Gasteiger partial charge < -0.3 is 10.4 Å². The standard InChI is InChI=1S/C15H20BrNO3/c1-11(10-12-6-2-3-7-13(12)16)17-14(18)8-4-5-9-15(19)20/h2-3,6-7,11H,4-5,8-10H2,1H3,(H,17,18)(H,19,20). The third-order valence-corrected chi connectivity index (χ3v) is 3.71. The third kappa shape index (κ3) is 6.70. The molecule has 0 saturated carbocycles. The number of nitrogens with one attached hydrogen (secondary N) is 1. The van der Waals surface area contributed by atoms with Crippen molar-refractivity contribution in [1.82, 2.24) is 5.32 Å². The molecule has 0 spiro atoms. The summed E-state index contributed by atoms with van der Waals surface area (Å²) in [5.41, 5.74) is 1.16. The zero-order valence-electron chi connectivity index (χ0n) is 11.6. The van der Waals surface area contributed by atoms with Crippen LogP contribution in [0.3, 0.4) is 0 Å². The number of carbonyl (C=O) groups is 2. The van der Waals surface area contributed by atoms with Gasteiger partial charge in [-0.05, 0) is 37.8 Å². The van der Waals surface area contributed by atoms with E-state index in [-0.39, 0.29) is 18.4 Å². The van der Waals surface area contributed by atoms with Crippen LogP contribution in [-0.4, -0.2) is 23.0 Å². The Morgan fingerprint density at radius 2 is 1.90 bits per heavy atom. The number of amides is 1. The molecule has 4 nitrogen and oxygen atoms in total. The Labute approximate surface area is 127 Å². The Kier molecular flexibility index (Phi) is 7.30. The lowest BCUT2D eigenvalue weighted by atomic mass is 10.1. The van der Waals surface area contributed by atoms with Gasteiger partial charge in [-0.15, -0.1) is 0 Å². The number of hydrogen-bond acceptors (Lipinski definition) is 2. The molecule has 1 aromatic carbocycles. The molecular formula is C15H20BrNO3. The molecule has 0 aliphatic heterocycles. The predicted molar refractivity (Wildman–Crippen MR) is 81.6 cm³/mol. The average Bonchev–Trinajstić information content (AvgIpc) is 2.37. The predicted octanol–water partition coefficient (Wildman–Crippen LogP) is 3.14. The largest absolute Gasteiger partial charge is 0.481 e. The Bertz CT molecular complexity index is 462. The van der Waals surface area contributed by atoms with E-state index >= 15 is 0 Å². The number of unbranched alkanes of at least 4 members (excludes halogenated alkanes) is 1. The third-order valence-electron chi connectivity index (χ3n) is 2.94. The Morgan fingerprint density at radius 1 is 1.25 bits per heavy atom. The molecule has 0 saturated heterocycles. The first-order chi connectivity index (χ1) is 9.49. The summed E-state index contributed by atoms with van der Waals surface area (Å²) in [6, 6.07) is 8.00. The molecule has 0 fully saturated rings. The van der Waals surface area contributed by atoms with Crippen molar-refractivity contribution >= 4 is 27.8 Å². The summed E-state index contributed by atoms with van der Waals surface area (Å²) in [4.78, 5) is 22.1. The lowest BCUT2D eigenvalue weighted by Gasteiger charge is -2.14. The number of carboxylic acid groups (broad SMARTS) is 1. The highest BCUT2D eigenvalue weighted by molar-refractivity contribution is 9.10. The van der Waals surface area contributed by atoms with E-state index in [9.17, 15) is 9.59 Å². The fourth-order valence-corrected chi connectivity index (χ4v) is 2.40. The van der Waals surface area contributed by atoms with Crippen molar-refractivity contribution in [2.75, 3.05) is 0 Å². The molecule has 1 unspecified atom stereocenters. The van der Waals surface area contributed by atoms with E-state index in [4.69, 9.17) is 5.11 Å². The van der Waals surface area contributed by atoms with Crippen molar-refractivity contribution in [3.63, 3.8) is 0 Å². The Hall–Kier alpha value is -1.36. The fraction of sp³-hybridized carbons (Fsp3) is 0.467. The number of benzene rings is 1. The Balaban J connectivity index is 2.28. The monoisotopic (exact) mass is 341 g/mol. The first kappa shape index (κ1) is 16.7. The van der Waals surface area contributed by atoms with Crippen LogP contribution in [0.2, 0.25) is 0 Å². The summed E-state index contributed by atoms with van der Waals surface area (Å²) in [6.07, 6.45) is 2.43. The Morgan fingerprint density at radius 3 is 2.55 bits per heavy atom. The highest BCUT2D eigenvalue weighted by Gasteiger charge is 2.09. The molecule has 0 radical (unpaired) electrons. The van der Waals surface area contributed by atoms with Crippen molar-refractivity contribution in [2.24, 2.45) is 0 Å². The quantitative estimate of drug-likeness (QED) is 0.714. The van der Waals surface area contributed by atoms with E-state index in [1.54, 1.807) is 0 Å². The van der Waals surface area contributed by atoms with Crippen molar-refractivity contribution < 1.29 is 14.7 Å². The van der Waals surface area contributed by atoms with Crippen molar-refractivity contribution in [3.8, 4) is 0 Å². The molecule has 0 heterocycles. The normalized spacial score (nSPS) is 11.9. The van der Waals surface area contributed by atoms with Crippen molar-refractivity contribution in [1.29, 1.82) is 0 Å². The molecule has 1 amide bonds.